The Morgan fingerprint density at radius 2 is 2.07 bits per heavy atom. The fourth-order valence-electron chi connectivity index (χ4n) is 2.52. The third kappa shape index (κ3) is 1.32. The van der Waals surface area contributed by atoms with Crippen molar-refractivity contribution in [2.75, 3.05) is 13.1 Å². The molecule has 2 saturated heterocycles. The maximum atomic E-state index is 12.1. The number of rotatable bonds is 0. The van der Waals surface area contributed by atoms with E-state index in [4.69, 9.17) is 0 Å². The van der Waals surface area contributed by atoms with Crippen molar-refractivity contribution in [2.24, 2.45) is 0 Å². The Morgan fingerprint density at radius 1 is 1.33 bits per heavy atom. The number of aromatic nitrogens is 3. The van der Waals surface area contributed by atoms with E-state index in [1.54, 1.807) is 0 Å². The second kappa shape index (κ2) is 3.30. The molecule has 0 aliphatic carbocycles. The van der Waals surface area contributed by atoms with Gasteiger partial charge in [0.15, 0.2) is 0 Å². The van der Waals surface area contributed by atoms with E-state index in [2.05, 4.69) is 15.4 Å². The summed E-state index contributed by atoms with van der Waals surface area (Å²) in [7, 11) is 0. The molecule has 1 N–H and O–H groups in total. The van der Waals surface area contributed by atoms with Crippen LogP contribution in [0.2, 0.25) is 0 Å². The minimum Gasteiger partial charge on any atom is -0.314 e. The lowest BCUT2D eigenvalue weighted by atomic mass is 10.2. The van der Waals surface area contributed by atoms with Gasteiger partial charge in [0.2, 0.25) is 0 Å². The molecule has 2 bridgehead atoms. The van der Waals surface area contributed by atoms with E-state index in [1.807, 2.05) is 4.90 Å². The van der Waals surface area contributed by atoms with E-state index in [9.17, 15) is 4.79 Å². The van der Waals surface area contributed by atoms with Crippen LogP contribution in [0.4, 0.5) is 4.79 Å². The Labute approximate surface area is 87.3 Å². The molecule has 3 rings (SSSR count). The first-order chi connectivity index (χ1) is 7.36. The number of fused-ring (bicyclic) bond motifs is 2. The van der Waals surface area contributed by atoms with Crippen molar-refractivity contribution in [3.8, 4) is 0 Å². The normalized spacial score (nSPS) is 29.5. The monoisotopic (exact) mass is 207 g/mol. The molecule has 0 aromatic carbocycles. The molecule has 6 heteroatoms. The standard InChI is InChI=1S/C9H13N5O/c15-9(13-6-11-5-12-13)14-7-1-2-8(14)4-10-3-7/h5-8,10H,1-4H2. The average molecular weight is 207 g/mol. The van der Waals surface area contributed by atoms with Gasteiger partial charge >= 0.3 is 6.03 Å². The van der Waals surface area contributed by atoms with E-state index in [0.717, 1.165) is 25.9 Å². The zero-order valence-corrected chi connectivity index (χ0v) is 8.33. The highest BCUT2D eigenvalue weighted by atomic mass is 16.2. The number of nitrogens with one attached hydrogen (secondary N) is 1. The molecule has 2 aliphatic heterocycles. The zero-order chi connectivity index (χ0) is 10.3. The van der Waals surface area contributed by atoms with Crippen LogP contribution in [0, 0.1) is 0 Å². The smallest absolute Gasteiger partial charge is 0.314 e. The summed E-state index contributed by atoms with van der Waals surface area (Å²) in [6.07, 6.45) is 5.04. The highest BCUT2D eigenvalue weighted by molar-refractivity contribution is 5.76. The van der Waals surface area contributed by atoms with Crippen LogP contribution in [0.15, 0.2) is 12.7 Å². The van der Waals surface area contributed by atoms with Gasteiger partial charge in [-0.25, -0.2) is 9.78 Å². The van der Waals surface area contributed by atoms with Crippen LogP contribution in [0.3, 0.4) is 0 Å². The molecule has 2 unspecified atom stereocenters. The molecule has 1 aromatic heterocycles. The lowest BCUT2D eigenvalue weighted by molar-refractivity contribution is 0.153. The van der Waals surface area contributed by atoms with E-state index in [0.29, 0.717) is 12.1 Å². The number of carbonyl (C=O) groups is 1. The summed E-state index contributed by atoms with van der Waals surface area (Å²) >= 11 is 0. The van der Waals surface area contributed by atoms with Gasteiger partial charge < -0.3 is 10.2 Å². The van der Waals surface area contributed by atoms with Crippen molar-refractivity contribution in [1.82, 2.24) is 25.0 Å². The average Bonchev–Trinajstić information content (AvgIpc) is 2.85. The lowest BCUT2D eigenvalue weighted by Crippen LogP contribution is -2.55. The molecule has 6 nitrogen and oxygen atoms in total. The van der Waals surface area contributed by atoms with Gasteiger partial charge in [0, 0.05) is 25.2 Å². The van der Waals surface area contributed by atoms with Gasteiger partial charge in [-0.15, -0.1) is 0 Å². The Hall–Kier alpha value is -1.43. The number of hydrogen-bond acceptors (Lipinski definition) is 4. The van der Waals surface area contributed by atoms with Crippen molar-refractivity contribution >= 4 is 6.03 Å². The molecule has 2 aliphatic rings. The fourth-order valence-corrected chi connectivity index (χ4v) is 2.52. The Kier molecular flexibility index (Phi) is 1.95. The third-order valence-electron chi connectivity index (χ3n) is 3.22. The van der Waals surface area contributed by atoms with Gasteiger partial charge in [-0.05, 0) is 12.8 Å². The molecule has 0 radical (unpaired) electrons. The van der Waals surface area contributed by atoms with Crippen LogP contribution in [0.1, 0.15) is 12.8 Å². The quantitative estimate of drug-likeness (QED) is 0.633. The van der Waals surface area contributed by atoms with E-state index in [1.165, 1.54) is 17.3 Å². The van der Waals surface area contributed by atoms with Gasteiger partial charge in [-0.1, -0.05) is 0 Å². The van der Waals surface area contributed by atoms with Gasteiger partial charge in [-0.2, -0.15) is 9.78 Å². The molecule has 0 saturated carbocycles. The number of amides is 1. The number of carbonyl (C=O) groups excluding carboxylic acids is 1. The zero-order valence-electron chi connectivity index (χ0n) is 8.33. The molecule has 2 fully saturated rings. The van der Waals surface area contributed by atoms with Crippen molar-refractivity contribution in [2.45, 2.75) is 24.9 Å². The summed E-state index contributed by atoms with van der Waals surface area (Å²) in [6.45, 7) is 1.80. The summed E-state index contributed by atoms with van der Waals surface area (Å²) in [6, 6.07) is 0.627. The molecule has 0 spiro atoms. The first-order valence-corrected chi connectivity index (χ1v) is 5.24. The lowest BCUT2D eigenvalue weighted by Gasteiger charge is -2.34. The van der Waals surface area contributed by atoms with Crippen molar-refractivity contribution in [1.29, 1.82) is 0 Å². The first-order valence-electron chi connectivity index (χ1n) is 5.24. The highest BCUT2D eigenvalue weighted by Gasteiger charge is 2.40. The summed E-state index contributed by atoms with van der Waals surface area (Å²) < 4.78 is 1.32. The maximum absolute atomic E-state index is 12.1. The second-order valence-corrected chi connectivity index (χ2v) is 4.07. The summed E-state index contributed by atoms with van der Waals surface area (Å²) in [5.41, 5.74) is 0. The minimum absolute atomic E-state index is 0.0403. The van der Waals surface area contributed by atoms with Gasteiger partial charge in [0.05, 0.1) is 0 Å². The van der Waals surface area contributed by atoms with Crippen molar-refractivity contribution in [3.63, 3.8) is 0 Å². The minimum atomic E-state index is -0.0403. The van der Waals surface area contributed by atoms with E-state index < -0.39 is 0 Å². The summed E-state index contributed by atoms with van der Waals surface area (Å²) in [4.78, 5) is 17.8. The Bertz CT molecular complexity index is 347. The van der Waals surface area contributed by atoms with Crippen LogP contribution in [0.25, 0.3) is 0 Å². The number of nitrogens with zero attached hydrogens (tertiary/aromatic N) is 4. The van der Waals surface area contributed by atoms with E-state index >= 15 is 0 Å². The van der Waals surface area contributed by atoms with Crippen LogP contribution in [-0.2, 0) is 0 Å². The summed E-state index contributed by atoms with van der Waals surface area (Å²) in [5, 5.41) is 7.22. The highest BCUT2D eigenvalue weighted by Crippen LogP contribution is 2.26. The Morgan fingerprint density at radius 3 is 2.67 bits per heavy atom. The molecule has 15 heavy (non-hydrogen) atoms. The molecule has 1 aromatic rings. The largest absolute Gasteiger partial charge is 0.346 e. The number of hydrogen-bond donors (Lipinski definition) is 1. The van der Waals surface area contributed by atoms with Gasteiger partial charge in [0.1, 0.15) is 12.7 Å². The van der Waals surface area contributed by atoms with Crippen molar-refractivity contribution in [3.05, 3.63) is 12.7 Å². The van der Waals surface area contributed by atoms with Gasteiger partial charge in [-0.3, -0.25) is 0 Å². The summed E-state index contributed by atoms with van der Waals surface area (Å²) in [5.74, 6) is 0. The van der Waals surface area contributed by atoms with Crippen molar-refractivity contribution < 1.29 is 4.79 Å². The predicted molar refractivity (Wildman–Crippen MR) is 52.3 cm³/mol. The topological polar surface area (TPSA) is 63.1 Å². The van der Waals surface area contributed by atoms with Crippen LogP contribution < -0.4 is 5.32 Å². The molecule has 1 amide bonds. The maximum Gasteiger partial charge on any atom is 0.346 e. The molecule has 2 atom stereocenters. The van der Waals surface area contributed by atoms with E-state index in [-0.39, 0.29) is 6.03 Å². The molecular formula is C9H13N5O. The second-order valence-electron chi connectivity index (χ2n) is 4.07. The first kappa shape index (κ1) is 8.84. The van der Waals surface area contributed by atoms with Crippen LogP contribution >= 0.6 is 0 Å². The van der Waals surface area contributed by atoms with Crippen LogP contribution in [0.5, 0.6) is 0 Å². The molecule has 3 heterocycles. The predicted octanol–water partition coefficient (Wildman–Crippen LogP) is -0.318. The Balaban J connectivity index is 1.85. The SMILES string of the molecule is O=C(N1C2CCC1CNC2)n1cncn1. The third-order valence-corrected chi connectivity index (χ3v) is 3.22. The molecule has 80 valence electrons. The fraction of sp³-hybridized carbons (Fsp3) is 0.667. The number of piperazine rings is 1. The molecular weight excluding hydrogens is 194 g/mol. The van der Waals surface area contributed by atoms with Gasteiger partial charge in [0.25, 0.3) is 0 Å². The van der Waals surface area contributed by atoms with Crippen LogP contribution in [-0.4, -0.2) is 50.9 Å².